The second-order valence-electron chi connectivity index (χ2n) is 8.21. The van der Waals surface area contributed by atoms with Gasteiger partial charge in [-0.2, -0.15) is 0 Å². The third-order valence-corrected chi connectivity index (χ3v) is 8.71. The third-order valence-electron chi connectivity index (χ3n) is 5.84. The molecule has 9 heteroatoms. The quantitative estimate of drug-likeness (QED) is 0.541. The van der Waals surface area contributed by atoms with Gasteiger partial charge in [-0.15, -0.1) is 0 Å². The molecule has 3 aromatic rings. The van der Waals surface area contributed by atoms with Crippen LogP contribution in [0.3, 0.4) is 0 Å². The summed E-state index contributed by atoms with van der Waals surface area (Å²) in [5, 5.41) is 0.624. The Labute approximate surface area is 192 Å². The van der Waals surface area contributed by atoms with Gasteiger partial charge in [-0.05, 0) is 68.1 Å². The van der Waals surface area contributed by atoms with E-state index in [2.05, 4.69) is 6.07 Å². The molecule has 0 spiro atoms. The molecule has 170 valence electrons. The minimum absolute atomic E-state index is 0.0396. The molecule has 1 fully saturated rings. The van der Waals surface area contributed by atoms with E-state index in [1.165, 1.54) is 37.6 Å². The van der Waals surface area contributed by atoms with Crippen LogP contribution in [0, 0.1) is 13.8 Å². The van der Waals surface area contributed by atoms with E-state index in [1.54, 1.807) is 17.0 Å². The highest BCUT2D eigenvalue weighted by Crippen LogP contribution is 2.33. The lowest BCUT2D eigenvalue weighted by Gasteiger charge is -2.23. The van der Waals surface area contributed by atoms with Crippen LogP contribution in [0.4, 0.5) is 5.13 Å². The highest BCUT2D eigenvalue weighted by atomic mass is 32.2. The van der Waals surface area contributed by atoms with Gasteiger partial charge < -0.3 is 4.74 Å². The van der Waals surface area contributed by atoms with E-state index in [1.807, 2.05) is 19.9 Å². The Kier molecular flexibility index (Phi) is 6.35. The van der Waals surface area contributed by atoms with Crippen LogP contribution in [0.2, 0.25) is 0 Å². The largest absolute Gasteiger partial charge is 0.376 e. The van der Waals surface area contributed by atoms with Gasteiger partial charge in [0.1, 0.15) is 0 Å². The molecular weight excluding hydrogens is 446 g/mol. The highest BCUT2D eigenvalue weighted by molar-refractivity contribution is 7.89. The summed E-state index contributed by atoms with van der Waals surface area (Å²) in [6, 6.07) is 10.2. The lowest BCUT2D eigenvalue weighted by atomic mass is 10.1. The Balaban J connectivity index is 1.70. The standard InChI is InChI=1S/C23H27N3O4S2/c1-15-7-12-20-21(16(15)2)24-23(31-20)26(14-18-6-5-13-30-18)22(27)17-8-10-19(11-9-17)32(28,29)25(3)4/h7-12,18H,5-6,13-14H2,1-4H3. The SMILES string of the molecule is Cc1ccc2sc(N(CC3CCCO3)C(=O)c3ccc(S(=O)(=O)N(C)C)cc3)nc2c1C. The first-order chi connectivity index (χ1) is 15.2. The van der Waals surface area contributed by atoms with E-state index in [4.69, 9.17) is 9.72 Å². The topological polar surface area (TPSA) is 79.8 Å². The monoisotopic (exact) mass is 473 g/mol. The number of anilines is 1. The Hall–Kier alpha value is -2.33. The molecular formula is C23H27N3O4S2. The van der Waals surface area contributed by atoms with Crippen LogP contribution < -0.4 is 4.90 Å². The fourth-order valence-corrected chi connectivity index (χ4v) is 5.64. The molecule has 1 aliphatic rings. The van der Waals surface area contributed by atoms with Gasteiger partial charge in [0, 0.05) is 26.3 Å². The van der Waals surface area contributed by atoms with Gasteiger partial charge in [-0.3, -0.25) is 9.69 Å². The van der Waals surface area contributed by atoms with Crippen molar-refractivity contribution in [1.82, 2.24) is 9.29 Å². The van der Waals surface area contributed by atoms with Crippen molar-refractivity contribution in [2.45, 2.75) is 37.7 Å². The van der Waals surface area contributed by atoms with Crippen molar-refractivity contribution in [2.75, 3.05) is 32.1 Å². The number of sulfonamides is 1. The number of hydrogen-bond donors (Lipinski definition) is 0. The molecule has 7 nitrogen and oxygen atoms in total. The molecule has 1 atom stereocenters. The van der Waals surface area contributed by atoms with Crippen LogP contribution in [-0.2, 0) is 14.8 Å². The van der Waals surface area contributed by atoms with Crippen molar-refractivity contribution >= 4 is 42.6 Å². The maximum absolute atomic E-state index is 13.5. The summed E-state index contributed by atoms with van der Waals surface area (Å²) in [7, 11) is -0.597. The number of thiazole rings is 1. The maximum Gasteiger partial charge on any atom is 0.260 e. The van der Waals surface area contributed by atoms with Crippen LogP contribution >= 0.6 is 11.3 Å². The summed E-state index contributed by atoms with van der Waals surface area (Å²) < 4.78 is 32.7. The maximum atomic E-state index is 13.5. The van der Waals surface area contributed by atoms with E-state index >= 15 is 0 Å². The van der Waals surface area contributed by atoms with E-state index in [0.29, 0.717) is 23.8 Å². The molecule has 0 radical (unpaired) electrons. The molecule has 1 aliphatic heterocycles. The number of aromatic nitrogens is 1. The lowest BCUT2D eigenvalue weighted by molar-refractivity contribution is 0.0917. The van der Waals surface area contributed by atoms with Crippen LogP contribution in [0.25, 0.3) is 10.2 Å². The summed E-state index contributed by atoms with van der Waals surface area (Å²) in [6.45, 7) is 5.19. The van der Waals surface area contributed by atoms with Crippen molar-refractivity contribution in [1.29, 1.82) is 0 Å². The van der Waals surface area contributed by atoms with Crippen molar-refractivity contribution < 1.29 is 17.9 Å². The average molecular weight is 474 g/mol. The number of nitrogens with zero attached hydrogens (tertiary/aromatic N) is 3. The van der Waals surface area contributed by atoms with E-state index < -0.39 is 10.0 Å². The number of carbonyl (C=O) groups is 1. The molecule has 0 bridgehead atoms. The van der Waals surface area contributed by atoms with Gasteiger partial charge in [-0.25, -0.2) is 17.7 Å². The summed E-state index contributed by atoms with van der Waals surface area (Å²) in [6.07, 6.45) is 1.83. The van der Waals surface area contributed by atoms with Crippen molar-refractivity contribution in [3.8, 4) is 0 Å². The molecule has 1 aromatic heterocycles. The Morgan fingerprint density at radius 3 is 2.50 bits per heavy atom. The van der Waals surface area contributed by atoms with Crippen LogP contribution in [0.5, 0.6) is 0 Å². The first-order valence-corrected chi connectivity index (χ1v) is 12.8. The number of ether oxygens (including phenoxy) is 1. The number of hydrogen-bond acceptors (Lipinski definition) is 6. The molecule has 2 heterocycles. The zero-order valence-corrected chi connectivity index (χ0v) is 20.3. The van der Waals surface area contributed by atoms with Gasteiger partial charge in [0.2, 0.25) is 10.0 Å². The average Bonchev–Trinajstić information content (AvgIpc) is 3.44. The first kappa shape index (κ1) is 22.8. The lowest BCUT2D eigenvalue weighted by Crippen LogP contribution is -2.37. The molecule has 0 saturated carbocycles. The third kappa shape index (κ3) is 4.30. The number of rotatable bonds is 6. The molecule has 2 aromatic carbocycles. The predicted octanol–water partition coefficient (Wildman–Crippen LogP) is 3.99. The zero-order chi connectivity index (χ0) is 23.0. The van der Waals surface area contributed by atoms with Crippen LogP contribution in [-0.4, -0.2) is 57.0 Å². The highest BCUT2D eigenvalue weighted by Gasteiger charge is 2.28. The Bertz CT molecular complexity index is 1240. The molecule has 0 N–H and O–H groups in total. The van der Waals surface area contributed by atoms with Gasteiger partial charge in [0.05, 0.1) is 27.8 Å². The van der Waals surface area contributed by atoms with Crippen molar-refractivity contribution in [2.24, 2.45) is 0 Å². The van der Waals surface area contributed by atoms with Gasteiger partial charge in [-0.1, -0.05) is 17.4 Å². The number of amides is 1. The molecule has 1 amide bonds. The molecule has 1 unspecified atom stereocenters. The summed E-state index contributed by atoms with van der Waals surface area (Å²) >= 11 is 1.48. The fraction of sp³-hybridized carbons (Fsp3) is 0.391. The summed E-state index contributed by atoms with van der Waals surface area (Å²) in [4.78, 5) is 20.2. The van der Waals surface area contributed by atoms with Gasteiger partial charge in [0.15, 0.2) is 5.13 Å². The fourth-order valence-electron chi connectivity index (χ4n) is 3.71. The second kappa shape index (κ2) is 8.90. The van der Waals surface area contributed by atoms with Gasteiger partial charge >= 0.3 is 0 Å². The van der Waals surface area contributed by atoms with Crippen molar-refractivity contribution in [3.63, 3.8) is 0 Å². The number of fused-ring (bicyclic) bond motifs is 1. The Morgan fingerprint density at radius 1 is 1.16 bits per heavy atom. The summed E-state index contributed by atoms with van der Waals surface area (Å²) in [5.41, 5.74) is 3.58. The second-order valence-corrected chi connectivity index (χ2v) is 11.4. The first-order valence-electron chi connectivity index (χ1n) is 10.5. The summed E-state index contributed by atoms with van der Waals surface area (Å²) in [5.74, 6) is -0.220. The molecule has 0 aliphatic carbocycles. The van der Waals surface area contributed by atoms with Gasteiger partial charge in [0.25, 0.3) is 5.91 Å². The molecule has 32 heavy (non-hydrogen) atoms. The predicted molar refractivity (Wildman–Crippen MR) is 127 cm³/mol. The minimum atomic E-state index is -3.56. The van der Waals surface area contributed by atoms with E-state index in [9.17, 15) is 13.2 Å². The Morgan fingerprint density at radius 2 is 1.88 bits per heavy atom. The molecule has 1 saturated heterocycles. The number of carbonyl (C=O) groups excluding carboxylic acids is 1. The molecule has 4 rings (SSSR count). The smallest absolute Gasteiger partial charge is 0.260 e. The van der Waals surface area contributed by atoms with E-state index in [-0.39, 0.29) is 16.9 Å². The number of benzene rings is 2. The van der Waals surface area contributed by atoms with Crippen molar-refractivity contribution in [3.05, 3.63) is 53.1 Å². The van der Waals surface area contributed by atoms with Crippen LogP contribution in [0.1, 0.15) is 34.3 Å². The zero-order valence-electron chi connectivity index (χ0n) is 18.7. The normalized spacial score (nSPS) is 16.7. The van der Waals surface area contributed by atoms with E-state index in [0.717, 1.165) is 38.5 Å². The number of aryl methyl sites for hydroxylation is 2. The van der Waals surface area contributed by atoms with Crippen LogP contribution in [0.15, 0.2) is 41.3 Å². The minimum Gasteiger partial charge on any atom is -0.376 e.